The smallest absolute Gasteiger partial charge is 0.0723 e. The topological polar surface area (TPSA) is 24.5 Å². The number of benzene rings is 1. The van der Waals surface area contributed by atoms with Gasteiger partial charge in [-0.3, -0.25) is 0 Å². The number of anilines is 1. The fraction of sp³-hybridized carbons (Fsp3) is 0.647. The van der Waals surface area contributed by atoms with Crippen molar-refractivity contribution in [3.8, 4) is 0 Å². The number of hydrogen-bond donors (Lipinski definition) is 1. The van der Waals surface area contributed by atoms with Gasteiger partial charge in [0.05, 0.1) is 24.4 Å². The molecule has 0 aromatic heterocycles. The summed E-state index contributed by atoms with van der Waals surface area (Å²) in [5, 5.41) is 3.57. The molecule has 0 bridgehead atoms. The lowest BCUT2D eigenvalue weighted by Gasteiger charge is -2.40. The fourth-order valence-corrected chi connectivity index (χ4v) is 3.57. The lowest BCUT2D eigenvalue weighted by Crippen LogP contribution is -2.48. The third kappa shape index (κ3) is 3.79. The molecule has 1 aliphatic carbocycles. The number of rotatable bonds is 5. The molecule has 1 saturated heterocycles. The summed E-state index contributed by atoms with van der Waals surface area (Å²) in [6.07, 6.45) is 4.09. The second kappa shape index (κ2) is 6.67. The predicted octanol–water partition coefficient (Wildman–Crippen LogP) is 3.70. The predicted molar refractivity (Wildman–Crippen MR) is 90.8 cm³/mol. The molecule has 2 fully saturated rings. The summed E-state index contributed by atoms with van der Waals surface area (Å²) in [5.74, 6) is 0. The Kier molecular flexibility index (Phi) is 4.87. The van der Waals surface area contributed by atoms with E-state index in [0.29, 0.717) is 12.1 Å². The zero-order valence-electron chi connectivity index (χ0n) is 12.9. The minimum absolute atomic E-state index is 0.302. The van der Waals surface area contributed by atoms with Gasteiger partial charge in [0.25, 0.3) is 0 Å². The molecule has 0 amide bonds. The highest BCUT2D eigenvalue weighted by molar-refractivity contribution is 9.10. The Hall–Kier alpha value is -0.580. The molecule has 1 aromatic rings. The molecule has 3 nitrogen and oxygen atoms in total. The zero-order valence-corrected chi connectivity index (χ0v) is 14.5. The van der Waals surface area contributed by atoms with Crippen molar-refractivity contribution >= 4 is 21.6 Å². The molecule has 0 radical (unpaired) electrons. The van der Waals surface area contributed by atoms with Crippen molar-refractivity contribution in [3.63, 3.8) is 0 Å². The van der Waals surface area contributed by atoms with Crippen molar-refractivity contribution in [2.45, 2.75) is 57.8 Å². The van der Waals surface area contributed by atoms with Crippen molar-refractivity contribution in [2.24, 2.45) is 0 Å². The van der Waals surface area contributed by atoms with Crippen LogP contribution >= 0.6 is 15.9 Å². The molecule has 116 valence electrons. The molecular formula is C17H25BrN2O. The lowest BCUT2D eigenvalue weighted by atomic mass is 10.1. The number of nitrogens with zero attached hydrogens (tertiary/aromatic N) is 1. The first-order valence-electron chi connectivity index (χ1n) is 8.07. The van der Waals surface area contributed by atoms with Gasteiger partial charge in [-0.15, -0.1) is 0 Å². The van der Waals surface area contributed by atoms with E-state index in [9.17, 15) is 0 Å². The Morgan fingerprint density at radius 3 is 2.86 bits per heavy atom. The maximum absolute atomic E-state index is 5.80. The summed E-state index contributed by atoms with van der Waals surface area (Å²) in [7, 11) is 0. The molecule has 4 heteroatoms. The first kappa shape index (κ1) is 15.3. The number of nitrogens with one attached hydrogen (secondary N) is 1. The number of halogens is 1. The van der Waals surface area contributed by atoms with Crippen LogP contribution in [0.1, 0.15) is 38.7 Å². The van der Waals surface area contributed by atoms with Gasteiger partial charge in [-0.2, -0.15) is 0 Å². The van der Waals surface area contributed by atoms with Crippen LogP contribution < -0.4 is 10.2 Å². The van der Waals surface area contributed by atoms with Crippen molar-refractivity contribution < 1.29 is 4.74 Å². The molecule has 1 saturated carbocycles. The Balaban J connectivity index is 1.73. The normalized spacial score (nSPS) is 26.1. The molecule has 21 heavy (non-hydrogen) atoms. The van der Waals surface area contributed by atoms with Gasteiger partial charge < -0.3 is 15.0 Å². The van der Waals surface area contributed by atoms with Crippen LogP contribution in [0.15, 0.2) is 22.7 Å². The van der Waals surface area contributed by atoms with E-state index in [0.717, 1.165) is 32.2 Å². The van der Waals surface area contributed by atoms with Gasteiger partial charge in [0, 0.05) is 23.6 Å². The zero-order chi connectivity index (χ0) is 14.8. The van der Waals surface area contributed by atoms with Gasteiger partial charge in [0.15, 0.2) is 0 Å². The highest BCUT2D eigenvalue weighted by Crippen LogP contribution is 2.32. The van der Waals surface area contributed by atoms with E-state index in [1.54, 1.807) is 0 Å². The lowest BCUT2D eigenvalue weighted by molar-refractivity contribution is 0.0299. The standard InChI is InChI=1S/C17H25BrN2O/c1-3-15-11-21-12(2)10-20(15)17-7-4-13(8-16(17)18)9-19-14-5-6-14/h4,7-8,12,14-15,19H,3,5-6,9-11H2,1-2H3. The molecule has 1 N–H and O–H groups in total. The molecule has 2 unspecified atom stereocenters. The van der Waals surface area contributed by atoms with Crippen LogP contribution in [0.5, 0.6) is 0 Å². The Bertz CT molecular complexity index is 490. The molecule has 2 aliphatic rings. The first-order chi connectivity index (χ1) is 10.2. The van der Waals surface area contributed by atoms with Crippen LogP contribution in [0.3, 0.4) is 0 Å². The molecule has 0 spiro atoms. The summed E-state index contributed by atoms with van der Waals surface area (Å²) in [4.78, 5) is 2.50. The third-order valence-electron chi connectivity index (χ3n) is 4.43. The number of ether oxygens (including phenoxy) is 1. The highest BCUT2D eigenvalue weighted by Gasteiger charge is 2.27. The van der Waals surface area contributed by atoms with Crippen LogP contribution in [-0.2, 0) is 11.3 Å². The summed E-state index contributed by atoms with van der Waals surface area (Å²) >= 11 is 3.77. The maximum Gasteiger partial charge on any atom is 0.0723 e. The SMILES string of the molecule is CCC1COC(C)CN1c1ccc(CNC2CC2)cc1Br. The summed E-state index contributed by atoms with van der Waals surface area (Å²) in [5.41, 5.74) is 2.65. The highest BCUT2D eigenvalue weighted by atomic mass is 79.9. The van der Waals surface area contributed by atoms with Crippen molar-refractivity contribution in [2.75, 3.05) is 18.1 Å². The van der Waals surface area contributed by atoms with Crippen LogP contribution in [-0.4, -0.2) is 31.3 Å². The Labute approximate surface area is 136 Å². The van der Waals surface area contributed by atoms with Gasteiger partial charge in [0.2, 0.25) is 0 Å². The van der Waals surface area contributed by atoms with E-state index in [1.165, 1.54) is 28.6 Å². The second-order valence-corrected chi connectivity index (χ2v) is 7.15. The average Bonchev–Trinajstić information content (AvgIpc) is 3.29. The minimum atomic E-state index is 0.302. The Morgan fingerprint density at radius 1 is 1.38 bits per heavy atom. The van der Waals surface area contributed by atoms with Crippen LogP contribution in [0.25, 0.3) is 0 Å². The molecule has 3 rings (SSSR count). The van der Waals surface area contributed by atoms with E-state index in [2.05, 4.69) is 58.2 Å². The van der Waals surface area contributed by atoms with Crippen LogP contribution in [0, 0.1) is 0 Å². The van der Waals surface area contributed by atoms with Crippen LogP contribution in [0.2, 0.25) is 0 Å². The summed E-state index contributed by atoms with van der Waals surface area (Å²) in [6.45, 7) is 7.16. The average molecular weight is 353 g/mol. The van der Waals surface area contributed by atoms with Gasteiger partial charge >= 0.3 is 0 Å². The quantitative estimate of drug-likeness (QED) is 0.874. The van der Waals surface area contributed by atoms with Gasteiger partial charge in [0.1, 0.15) is 0 Å². The Morgan fingerprint density at radius 2 is 2.19 bits per heavy atom. The van der Waals surface area contributed by atoms with Crippen molar-refractivity contribution in [3.05, 3.63) is 28.2 Å². The monoisotopic (exact) mass is 352 g/mol. The van der Waals surface area contributed by atoms with Gasteiger partial charge in [-0.25, -0.2) is 0 Å². The molecule has 1 heterocycles. The molecule has 2 atom stereocenters. The largest absolute Gasteiger partial charge is 0.375 e. The number of morpholine rings is 1. The summed E-state index contributed by atoms with van der Waals surface area (Å²) < 4.78 is 7.00. The molecular weight excluding hydrogens is 328 g/mol. The molecule has 1 aromatic carbocycles. The van der Waals surface area contributed by atoms with Crippen LogP contribution in [0.4, 0.5) is 5.69 Å². The van der Waals surface area contributed by atoms with E-state index < -0.39 is 0 Å². The number of hydrogen-bond acceptors (Lipinski definition) is 3. The van der Waals surface area contributed by atoms with Crippen molar-refractivity contribution in [1.82, 2.24) is 5.32 Å². The van der Waals surface area contributed by atoms with Crippen molar-refractivity contribution in [1.29, 1.82) is 0 Å². The van der Waals surface area contributed by atoms with E-state index in [4.69, 9.17) is 4.74 Å². The van der Waals surface area contributed by atoms with Gasteiger partial charge in [-0.1, -0.05) is 13.0 Å². The first-order valence-corrected chi connectivity index (χ1v) is 8.86. The van der Waals surface area contributed by atoms with E-state index in [-0.39, 0.29) is 0 Å². The fourth-order valence-electron chi connectivity index (χ4n) is 2.92. The summed E-state index contributed by atoms with van der Waals surface area (Å²) in [6, 6.07) is 8.01. The van der Waals surface area contributed by atoms with E-state index >= 15 is 0 Å². The van der Waals surface area contributed by atoms with Gasteiger partial charge in [-0.05, 0) is 59.8 Å². The molecule has 1 aliphatic heterocycles. The second-order valence-electron chi connectivity index (χ2n) is 6.30. The third-order valence-corrected chi connectivity index (χ3v) is 5.07. The maximum atomic E-state index is 5.80. The van der Waals surface area contributed by atoms with E-state index in [1.807, 2.05) is 0 Å². The minimum Gasteiger partial charge on any atom is -0.375 e.